The molecule has 1 aliphatic rings. The molecule has 0 saturated carbocycles. The first kappa shape index (κ1) is 24.3. The maximum absolute atomic E-state index is 13.0. The number of aromatic nitrogens is 3. The molecule has 0 radical (unpaired) electrons. The van der Waals surface area contributed by atoms with E-state index in [0.717, 1.165) is 28.1 Å². The van der Waals surface area contributed by atoms with Gasteiger partial charge in [-0.2, -0.15) is 10.4 Å². The van der Waals surface area contributed by atoms with Crippen LogP contribution in [0.5, 0.6) is 5.75 Å². The van der Waals surface area contributed by atoms with Crippen LogP contribution >= 0.6 is 34.2 Å². The van der Waals surface area contributed by atoms with Crippen molar-refractivity contribution in [2.24, 2.45) is 0 Å². The van der Waals surface area contributed by atoms with Gasteiger partial charge in [-0.05, 0) is 60.7 Å². The lowest BCUT2D eigenvalue weighted by Gasteiger charge is -2.36. The molecular formula is C24H24ClIN6O2. The molecule has 176 valence electrons. The van der Waals surface area contributed by atoms with Gasteiger partial charge in [0.25, 0.3) is 0 Å². The zero-order valence-electron chi connectivity index (χ0n) is 19.0. The van der Waals surface area contributed by atoms with Gasteiger partial charge in [0.2, 0.25) is 5.91 Å². The van der Waals surface area contributed by atoms with E-state index in [0.29, 0.717) is 41.8 Å². The summed E-state index contributed by atoms with van der Waals surface area (Å²) in [5.41, 5.74) is 3.06. The monoisotopic (exact) mass is 590 g/mol. The Kier molecular flexibility index (Phi) is 7.58. The van der Waals surface area contributed by atoms with Crippen LogP contribution in [0.25, 0.3) is 11.4 Å². The van der Waals surface area contributed by atoms with Crippen LogP contribution in [0.1, 0.15) is 18.3 Å². The molecule has 1 aliphatic heterocycles. The van der Waals surface area contributed by atoms with Gasteiger partial charge in [-0.15, -0.1) is 0 Å². The zero-order chi connectivity index (χ0) is 24.2. The summed E-state index contributed by atoms with van der Waals surface area (Å²) in [5.74, 6) is 0.876. The SMILES string of the molecule is CCOc1cc(N2CCN(C(=O)Cn3nc(-c4cccc(C#N)n4)c(Cl)c3C)CC2)ccc1I. The molecule has 34 heavy (non-hydrogen) atoms. The van der Waals surface area contributed by atoms with Crippen molar-refractivity contribution in [3.05, 3.63) is 56.4 Å². The number of carbonyl (C=O) groups is 1. The molecule has 1 amide bonds. The van der Waals surface area contributed by atoms with E-state index in [9.17, 15) is 4.79 Å². The number of anilines is 1. The molecule has 0 unspecified atom stereocenters. The number of pyridine rings is 1. The molecule has 1 fully saturated rings. The van der Waals surface area contributed by atoms with E-state index in [1.807, 2.05) is 24.8 Å². The first-order chi connectivity index (χ1) is 16.4. The highest BCUT2D eigenvalue weighted by Crippen LogP contribution is 2.29. The number of halogens is 2. The normalized spacial score (nSPS) is 13.6. The Morgan fingerprint density at radius 1 is 1.24 bits per heavy atom. The average Bonchev–Trinajstić information content (AvgIpc) is 3.14. The van der Waals surface area contributed by atoms with E-state index in [1.165, 1.54) is 0 Å². The van der Waals surface area contributed by atoms with Crippen LogP contribution in [0.15, 0.2) is 36.4 Å². The van der Waals surface area contributed by atoms with Crippen LogP contribution in [0.3, 0.4) is 0 Å². The number of hydrogen-bond donors (Lipinski definition) is 0. The Labute approximate surface area is 217 Å². The number of ether oxygens (including phenoxy) is 1. The van der Waals surface area contributed by atoms with Gasteiger partial charge in [-0.1, -0.05) is 17.7 Å². The van der Waals surface area contributed by atoms with Crippen molar-refractivity contribution in [1.82, 2.24) is 19.7 Å². The van der Waals surface area contributed by atoms with Gasteiger partial charge in [0, 0.05) is 37.9 Å². The summed E-state index contributed by atoms with van der Waals surface area (Å²) in [7, 11) is 0. The summed E-state index contributed by atoms with van der Waals surface area (Å²) in [4.78, 5) is 21.4. The van der Waals surface area contributed by atoms with Crippen LogP contribution in [-0.2, 0) is 11.3 Å². The molecule has 10 heteroatoms. The fraction of sp³-hybridized carbons (Fsp3) is 0.333. The lowest BCUT2D eigenvalue weighted by atomic mass is 10.2. The minimum Gasteiger partial charge on any atom is -0.493 e. The summed E-state index contributed by atoms with van der Waals surface area (Å²) in [6.45, 7) is 7.26. The van der Waals surface area contributed by atoms with Crippen LogP contribution in [-0.4, -0.2) is 58.4 Å². The van der Waals surface area contributed by atoms with Crippen molar-refractivity contribution in [2.45, 2.75) is 20.4 Å². The molecular weight excluding hydrogens is 567 g/mol. The molecule has 1 aromatic carbocycles. The minimum atomic E-state index is -0.00943. The van der Waals surface area contributed by atoms with Crippen molar-refractivity contribution in [3.63, 3.8) is 0 Å². The van der Waals surface area contributed by atoms with Crippen LogP contribution in [0.2, 0.25) is 5.02 Å². The number of amides is 1. The highest BCUT2D eigenvalue weighted by atomic mass is 127. The van der Waals surface area contributed by atoms with Crippen molar-refractivity contribution >= 4 is 45.8 Å². The molecule has 0 spiro atoms. The molecule has 0 aliphatic carbocycles. The van der Waals surface area contributed by atoms with E-state index in [2.05, 4.69) is 55.8 Å². The minimum absolute atomic E-state index is 0.00943. The van der Waals surface area contributed by atoms with Crippen LogP contribution in [0, 0.1) is 21.8 Å². The third-order valence-electron chi connectivity index (χ3n) is 5.74. The third-order valence-corrected chi connectivity index (χ3v) is 7.08. The Hall–Kier alpha value is -2.84. The van der Waals surface area contributed by atoms with Crippen LogP contribution in [0.4, 0.5) is 5.69 Å². The molecule has 3 heterocycles. The lowest BCUT2D eigenvalue weighted by Crippen LogP contribution is -2.49. The first-order valence-electron chi connectivity index (χ1n) is 11.0. The molecule has 2 aromatic heterocycles. The summed E-state index contributed by atoms with van der Waals surface area (Å²) >= 11 is 8.77. The molecule has 1 saturated heterocycles. The van der Waals surface area contributed by atoms with Gasteiger partial charge in [-0.3, -0.25) is 9.48 Å². The number of nitriles is 1. The fourth-order valence-electron chi connectivity index (χ4n) is 3.87. The fourth-order valence-corrected chi connectivity index (χ4v) is 4.59. The smallest absolute Gasteiger partial charge is 0.244 e. The Balaban J connectivity index is 1.42. The standard InChI is InChI=1S/C24H24ClIN6O2/c1-3-34-21-13-18(7-8-19(21)26)30-9-11-31(12-10-30)22(33)15-32-16(2)23(25)24(29-32)20-6-4-5-17(14-27)28-20/h4-8,13H,3,9-12,15H2,1-2H3. The largest absolute Gasteiger partial charge is 0.493 e. The molecule has 0 bridgehead atoms. The van der Waals surface area contributed by atoms with E-state index in [-0.39, 0.29) is 18.1 Å². The molecule has 4 rings (SSSR count). The maximum Gasteiger partial charge on any atom is 0.244 e. The second-order valence-corrected chi connectivity index (χ2v) is 9.38. The predicted molar refractivity (Wildman–Crippen MR) is 139 cm³/mol. The van der Waals surface area contributed by atoms with Crippen LogP contribution < -0.4 is 9.64 Å². The van der Waals surface area contributed by atoms with E-state index >= 15 is 0 Å². The summed E-state index contributed by atoms with van der Waals surface area (Å²) in [6, 6.07) is 13.3. The predicted octanol–water partition coefficient (Wildman–Crippen LogP) is 4.13. The van der Waals surface area contributed by atoms with E-state index < -0.39 is 0 Å². The van der Waals surface area contributed by atoms with Gasteiger partial charge in [-0.25, -0.2) is 4.98 Å². The number of carbonyl (C=O) groups excluding carboxylic acids is 1. The van der Waals surface area contributed by atoms with E-state index in [1.54, 1.807) is 22.9 Å². The molecule has 0 N–H and O–H groups in total. The quantitative estimate of drug-likeness (QED) is 0.402. The average molecular weight is 591 g/mol. The number of piperazine rings is 1. The van der Waals surface area contributed by atoms with Crippen molar-refractivity contribution in [1.29, 1.82) is 5.26 Å². The summed E-state index contributed by atoms with van der Waals surface area (Å²) in [6.07, 6.45) is 0. The number of benzene rings is 1. The van der Waals surface area contributed by atoms with E-state index in [4.69, 9.17) is 21.6 Å². The highest BCUT2D eigenvalue weighted by Gasteiger charge is 2.24. The number of rotatable bonds is 6. The number of nitrogens with zero attached hydrogens (tertiary/aromatic N) is 6. The Morgan fingerprint density at radius 2 is 2.00 bits per heavy atom. The summed E-state index contributed by atoms with van der Waals surface area (Å²) in [5, 5.41) is 14.1. The van der Waals surface area contributed by atoms with Gasteiger partial charge >= 0.3 is 0 Å². The molecule has 3 aromatic rings. The lowest BCUT2D eigenvalue weighted by molar-refractivity contribution is -0.132. The number of hydrogen-bond acceptors (Lipinski definition) is 6. The first-order valence-corrected chi connectivity index (χ1v) is 12.4. The molecule has 0 atom stereocenters. The van der Waals surface area contributed by atoms with Gasteiger partial charge in [0.05, 0.1) is 26.6 Å². The van der Waals surface area contributed by atoms with Crippen molar-refractivity contribution in [3.8, 4) is 23.2 Å². The second-order valence-electron chi connectivity index (χ2n) is 7.84. The summed E-state index contributed by atoms with van der Waals surface area (Å²) < 4.78 is 8.42. The van der Waals surface area contributed by atoms with Gasteiger partial charge in [0.1, 0.15) is 29.8 Å². The highest BCUT2D eigenvalue weighted by molar-refractivity contribution is 14.1. The Bertz CT molecular complexity index is 1250. The zero-order valence-corrected chi connectivity index (χ0v) is 21.9. The topological polar surface area (TPSA) is 87.3 Å². The van der Waals surface area contributed by atoms with Crippen molar-refractivity contribution < 1.29 is 9.53 Å². The molecule has 8 nitrogen and oxygen atoms in total. The van der Waals surface area contributed by atoms with Crippen molar-refractivity contribution in [2.75, 3.05) is 37.7 Å². The van der Waals surface area contributed by atoms with Gasteiger partial charge in [0.15, 0.2) is 0 Å². The van der Waals surface area contributed by atoms with Gasteiger partial charge < -0.3 is 14.5 Å². The third kappa shape index (κ3) is 5.13. The maximum atomic E-state index is 13.0. The second kappa shape index (κ2) is 10.6. The Morgan fingerprint density at radius 3 is 2.71 bits per heavy atom.